The van der Waals surface area contributed by atoms with E-state index in [-0.39, 0.29) is 11.6 Å². The second-order valence-corrected chi connectivity index (χ2v) is 7.30. The van der Waals surface area contributed by atoms with Gasteiger partial charge in [0.25, 0.3) is 5.91 Å². The number of nitrogens with zero attached hydrogens (tertiary/aromatic N) is 3. The minimum absolute atomic E-state index is 0.117. The molecule has 7 heteroatoms. The van der Waals surface area contributed by atoms with Crippen LogP contribution in [0.1, 0.15) is 67.2 Å². The maximum atomic E-state index is 11.1. The summed E-state index contributed by atoms with van der Waals surface area (Å²) in [5.74, 6) is 0.953. The monoisotopic (exact) mass is 342 g/mol. The highest BCUT2D eigenvalue weighted by Crippen LogP contribution is 2.51. The van der Waals surface area contributed by atoms with Crippen molar-refractivity contribution >= 4 is 5.91 Å². The van der Waals surface area contributed by atoms with Crippen LogP contribution in [0.4, 0.5) is 0 Å². The minimum atomic E-state index is -0.572. The molecule has 0 bridgehead atoms. The molecule has 2 aliphatic rings. The molecule has 1 amide bonds. The van der Waals surface area contributed by atoms with Crippen LogP contribution in [-0.4, -0.2) is 31.7 Å². The van der Waals surface area contributed by atoms with Gasteiger partial charge in [0.2, 0.25) is 11.7 Å². The van der Waals surface area contributed by atoms with Crippen LogP contribution in [0.25, 0.3) is 11.4 Å². The number of nitrogens with two attached hydrogens (primary N) is 1. The number of carbonyl (C=O) groups excluding carboxylic acids is 1. The molecule has 25 heavy (non-hydrogen) atoms. The molecule has 0 atom stereocenters. The van der Waals surface area contributed by atoms with Crippen molar-refractivity contribution in [1.29, 1.82) is 0 Å². The number of aromatic nitrogens is 3. The topological polar surface area (TPSA) is 115 Å². The lowest BCUT2D eigenvalue weighted by Gasteiger charge is -2.48. The standard InChI is InChI=1S/C18H22N4O3/c19-15(23)14-7-6-11(10-20-14)16-21-17(25-22-16)12-8-18(24,9-12)13-4-2-1-3-5-13/h6-7,10,12-13,24H,1-5,8-9H2,(H2,19,23). The van der Waals surface area contributed by atoms with Crippen molar-refractivity contribution < 1.29 is 14.4 Å². The molecule has 2 fully saturated rings. The van der Waals surface area contributed by atoms with Gasteiger partial charge in [-0.15, -0.1) is 0 Å². The average Bonchev–Trinajstić information content (AvgIpc) is 3.09. The molecule has 2 aromatic heterocycles. The first-order valence-electron chi connectivity index (χ1n) is 8.87. The lowest BCUT2D eigenvalue weighted by Crippen LogP contribution is -2.49. The second-order valence-electron chi connectivity index (χ2n) is 7.30. The number of primary amides is 1. The van der Waals surface area contributed by atoms with E-state index in [4.69, 9.17) is 10.3 Å². The van der Waals surface area contributed by atoms with Crippen LogP contribution in [0, 0.1) is 5.92 Å². The Kier molecular flexibility index (Phi) is 4.03. The van der Waals surface area contributed by atoms with Gasteiger partial charge in [-0.2, -0.15) is 4.98 Å². The molecular formula is C18H22N4O3. The summed E-state index contributed by atoms with van der Waals surface area (Å²) in [6.45, 7) is 0. The van der Waals surface area contributed by atoms with Crippen LogP contribution in [0.2, 0.25) is 0 Å². The van der Waals surface area contributed by atoms with Gasteiger partial charge in [0, 0.05) is 17.7 Å². The summed E-state index contributed by atoms with van der Waals surface area (Å²) in [5, 5.41) is 14.8. The molecule has 3 N–H and O–H groups in total. The van der Waals surface area contributed by atoms with Crippen molar-refractivity contribution in [3.05, 3.63) is 29.9 Å². The fraction of sp³-hybridized carbons (Fsp3) is 0.556. The zero-order valence-corrected chi connectivity index (χ0v) is 14.0. The Morgan fingerprint density at radius 3 is 2.64 bits per heavy atom. The predicted molar refractivity (Wildman–Crippen MR) is 89.5 cm³/mol. The summed E-state index contributed by atoms with van der Waals surface area (Å²) in [4.78, 5) is 19.5. The third-order valence-corrected chi connectivity index (χ3v) is 5.63. The van der Waals surface area contributed by atoms with E-state index < -0.39 is 11.5 Å². The van der Waals surface area contributed by atoms with Gasteiger partial charge in [-0.1, -0.05) is 24.4 Å². The Morgan fingerprint density at radius 1 is 1.24 bits per heavy atom. The molecular weight excluding hydrogens is 320 g/mol. The van der Waals surface area contributed by atoms with Crippen LogP contribution in [0.5, 0.6) is 0 Å². The largest absolute Gasteiger partial charge is 0.390 e. The van der Waals surface area contributed by atoms with Crippen molar-refractivity contribution in [2.45, 2.75) is 56.5 Å². The van der Waals surface area contributed by atoms with Gasteiger partial charge >= 0.3 is 0 Å². The van der Waals surface area contributed by atoms with Gasteiger partial charge in [-0.05, 0) is 43.7 Å². The molecule has 2 aromatic rings. The maximum Gasteiger partial charge on any atom is 0.267 e. The SMILES string of the molecule is NC(=O)c1ccc(-c2noc(C3CC(O)(C4CCCCC4)C3)n2)cn1. The van der Waals surface area contributed by atoms with Gasteiger partial charge < -0.3 is 15.4 Å². The second kappa shape index (κ2) is 6.22. The van der Waals surface area contributed by atoms with Crippen molar-refractivity contribution in [3.8, 4) is 11.4 Å². The Bertz CT molecular complexity index is 759. The van der Waals surface area contributed by atoms with E-state index in [0.717, 1.165) is 12.8 Å². The van der Waals surface area contributed by atoms with Gasteiger partial charge in [0.15, 0.2) is 0 Å². The highest BCUT2D eigenvalue weighted by atomic mass is 16.5. The third-order valence-electron chi connectivity index (χ3n) is 5.63. The lowest BCUT2D eigenvalue weighted by atomic mass is 9.61. The molecule has 0 saturated heterocycles. The molecule has 4 rings (SSSR count). The number of hydrogen-bond acceptors (Lipinski definition) is 6. The van der Waals surface area contributed by atoms with Crippen molar-refractivity contribution in [1.82, 2.24) is 15.1 Å². The number of amides is 1. The summed E-state index contributed by atoms with van der Waals surface area (Å²) < 4.78 is 5.39. The summed E-state index contributed by atoms with van der Waals surface area (Å²) in [6, 6.07) is 3.24. The van der Waals surface area contributed by atoms with Crippen molar-refractivity contribution in [3.63, 3.8) is 0 Å². The molecule has 7 nitrogen and oxygen atoms in total. The molecule has 2 saturated carbocycles. The average molecular weight is 342 g/mol. The van der Waals surface area contributed by atoms with Crippen LogP contribution in [0.15, 0.2) is 22.9 Å². The molecule has 0 aromatic carbocycles. The third kappa shape index (κ3) is 3.04. The van der Waals surface area contributed by atoms with Gasteiger partial charge in [-0.25, -0.2) is 0 Å². The van der Waals surface area contributed by atoms with E-state index >= 15 is 0 Å². The summed E-state index contributed by atoms with van der Waals surface area (Å²) in [6.07, 6.45) is 8.86. The Balaban J connectivity index is 1.43. The first kappa shape index (κ1) is 16.2. The molecule has 0 radical (unpaired) electrons. The summed E-state index contributed by atoms with van der Waals surface area (Å²) in [5.41, 5.74) is 5.49. The number of rotatable bonds is 4. The minimum Gasteiger partial charge on any atom is -0.390 e. The first-order valence-corrected chi connectivity index (χ1v) is 8.87. The fourth-order valence-electron chi connectivity index (χ4n) is 4.13. The van der Waals surface area contributed by atoms with E-state index in [1.54, 1.807) is 12.1 Å². The Labute approximate surface area is 145 Å². The lowest BCUT2D eigenvalue weighted by molar-refractivity contribution is -0.111. The van der Waals surface area contributed by atoms with Gasteiger partial charge in [-0.3, -0.25) is 9.78 Å². The molecule has 132 valence electrons. The van der Waals surface area contributed by atoms with Crippen LogP contribution in [-0.2, 0) is 0 Å². The molecule has 0 spiro atoms. The molecule has 0 unspecified atom stereocenters. The number of pyridine rings is 1. The van der Waals surface area contributed by atoms with Gasteiger partial charge in [0.1, 0.15) is 5.69 Å². The summed E-state index contributed by atoms with van der Waals surface area (Å²) in [7, 11) is 0. The van der Waals surface area contributed by atoms with Crippen LogP contribution in [0.3, 0.4) is 0 Å². The Morgan fingerprint density at radius 2 is 2.00 bits per heavy atom. The van der Waals surface area contributed by atoms with E-state index in [9.17, 15) is 9.90 Å². The molecule has 0 aliphatic heterocycles. The van der Waals surface area contributed by atoms with E-state index in [0.29, 0.717) is 36.0 Å². The van der Waals surface area contributed by atoms with E-state index in [1.807, 2.05) is 0 Å². The zero-order chi connectivity index (χ0) is 17.4. The number of aliphatic hydroxyl groups is 1. The van der Waals surface area contributed by atoms with Crippen LogP contribution >= 0.6 is 0 Å². The molecule has 2 aliphatic carbocycles. The van der Waals surface area contributed by atoms with Gasteiger partial charge in [0.05, 0.1) is 5.60 Å². The first-order chi connectivity index (χ1) is 12.0. The number of carbonyl (C=O) groups is 1. The normalized spacial score (nSPS) is 27.0. The Hall–Kier alpha value is -2.28. The quantitative estimate of drug-likeness (QED) is 0.881. The van der Waals surface area contributed by atoms with Crippen molar-refractivity contribution in [2.24, 2.45) is 11.7 Å². The fourth-order valence-corrected chi connectivity index (χ4v) is 4.13. The zero-order valence-electron chi connectivity index (χ0n) is 14.0. The highest BCUT2D eigenvalue weighted by molar-refractivity contribution is 5.90. The van der Waals surface area contributed by atoms with Crippen LogP contribution < -0.4 is 5.73 Å². The maximum absolute atomic E-state index is 11.1. The van der Waals surface area contributed by atoms with E-state index in [2.05, 4.69) is 15.1 Å². The van der Waals surface area contributed by atoms with E-state index in [1.165, 1.54) is 25.5 Å². The predicted octanol–water partition coefficient (Wildman–Crippen LogP) is 2.42. The number of hydrogen-bond donors (Lipinski definition) is 2. The smallest absolute Gasteiger partial charge is 0.267 e. The molecule has 2 heterocycles. The van der Waals surface area contributed by atoms with Crippen molar-refractivity contribution in [2.75, 3.05) is 0 Å². The summed E-state index contributed by atoms with van der Waals surface area (Å²) >= 11 is 0. The highest BCUT2D eigenvalue weighted by Gasteiger charge is 2.50.